The van der Waals surface area contributed by atoms with Gasteiger partial charge in [-0.15, -0.1) is 0 Å². The molecule has 5 rings (SSSR count). The quantitative estimate of drug-likeness (QED) is 0.330. The van der Waals surface area contributed by atoms with Crippen LogP contribution in [0.4, 0.5) is 5.82 Å². The van der Waals surface area contributed by atoms with Gasteiger partial charge in [-0.25, -0.2) is 0 Å². The molecule has 13 nitrogen and oxygen atoms in total. The van der Waals surface area contributed by atoms with E-state index >= 15 is 0 Å². The first kappa shape index (κ1) is 25.8. The molecule has 2 saturated heterocycles. The minimum absolute atomic E-state index is 0.0594. The molecular weight excluding hydrogens is 495 g/mol. The van der Waals surface area contributed by atoms with Crippen molar-refractivity contribution < 1.29 is 43.1 Å². The van der Waals surface area contributed by atoms with Crippen LogP contribution in [0.3, 0.4) is 0 Å². The van der Waals surface area contributed by atoms with Crippen molar-refractivity contribution in [3.05, 3.63) is 12.3 Å². The molecule has 0 radical (unpaired) electrons. The maximum atomic E-state index is 11.2. The number of fused-ring (bicyclic) bond motifs is 2. The summed E-state index contributed by atoms with van der Waals surface area (Å²) in [7, 11) is -4.32. The molecule has 14 heteroatoms. The van der Waals surface area contributed by atoms with Crippen molar-refractivity contribution in [1.82, 2.24) is 14.5 Å². The molecule has 200 valence electrons. The Morgan fingerprint density at radius 2 is 1.97 bits per heavy atom. The fourth-order valence-electron chi connectivity index (χ4n) is 5.10. The summed E-state index contributed by atoms with van der Waals surface area (Å²) in [4.78, 5) is 27.4. The molecule has 2 aromatic heterocycles. The number of ether oxygens (including phenoxy) is 5. The molecule has 1 aliphatic carbocycles. The highest BCUT2D eigenvalue weighted by molar-refractivity contribution is 7.51. The Balaban J connectivity index is 1.46. The first-order valence-corrected chi connectivity index (χ1v) is 14.0. The Kier molecular flexibility index (Phi) is 7.27. The van der Waals surface area contributed by atoms with Gasteiger partial charge >= 0.3 is 13.6 Å². The molecule has 3 aliphatic rings. The largest absolute Gasteiger partial charge is 0.461 e. The number of aromatic nitrogens is 3. The number of anilines is 1. The molecule has 1 saturated carbocycles. The van der Waals surface area contributed by atoms with E-state index in [0.717, 1.165) is 18.2 Å². The van der Waals surface area contributed by atoms with Crippen LogP contribution in [0.2, 0.25) is 0 Å². The van der Waals surface area contributed by atoms with E-state index in [1.807, 2.05) is 16.8 Å². The minimum atomic E-state index is -4.32. The zero-order valence-electron chi connectivity index (χ0n) is 20.3. The Labute approximate surface area is 208 Å². The second-order valence-corrected chi connectivity index (χ2v) is 11.4. The highest BCUT2D eigenvalue weighted by atomic mass is 31.2. The Hall–Kier alpha value is -1.83. The molecule has 0 spiro atoms. The molecule has 4 atom stereocenters. The zero-order chi connectivity index (χ0) is 25.5. The second-order valence-electron chi connectivity index (χ2n) is 9.81. The summed E-state index contributed by atoms with van der Waals surface area (Å²) < 4.78 is 42.4. The third kappa shape index (κ3) is 5.53. The fraction of sp³-hybridized carbons (Fsp3) is 0.727. The van der Waals surface area contributed by atoms with Crippen molar-refractivity contribution in [3.8, 4) is 6.01 Å². The van der Waals surface area contributed by atoms with E-state index in [1.165, 1.54) is 12.8 Å². The maximum absolute atomic E-state index is 11.2. The first-order chi connectivity index (χ1) is 17.1. The highest BCUT2D eigenvalue weighted by Crippen LogP contribution is 2.45. The molecule has 0 bridgehead atoms. The van der Waals surface area contributed by atoms with Crippen LogP contribution >= 0.6 is 7.60 Å². The van der Waals surface area contributed by atoms with Crippen molar-refractivity contribution in [2.24, 2.45) is 0 Å². The summed E-state index contributed by atoms with van der Waals surface area (Å²) >= 11 is 0. The predicted octanol–water partition coefficient (Wildman–Crippen LogP) is 1.73. The molecule has 0 amide bonds. The van der Waals surface area contributed by atoms with Crippen molar-refractivity contribution in [3.63, 3.8) is 0 Å². The molecule has 4 N–H and O–H groups in total. The van der Waals surface area contributed by atoms with Crippen LogP contribution in [0, 0.1) is 0 Å². The lowest BCUT2D eigenvalue weighted by Crippen LogP contribution is -2.33. The second kappa shape index (κ2) is 10.1. The number of aliphatic hydroxyl groups is 1. The smallest absolute Gasteiger partial charge is 0.350 e. The van der Waals surface area contributed by atoms with Gasteiger partial charge < -0.3 is 48.5 Å². The average molecular weight is 528 g/mol. The topological polar surface area (TPSA) is 167 Å². The third-order valence-corrected chi connectivity index (χ3v) is 7.03. The Morgan fingerprint density at radius 1 is 1.22 bits per heavy atom. The first-order valence-electron chi connectivity index (χ1n) is 12.2. The van der Waals surface area contributed by atoms with Crippen LogP contribution in [0.1, 0.15) is 45.8 Å². The average Bonchev–Trinajstić information content (AvgIpc) is 3.56. The number of hydrogen-bond donors (Lipinski definition) is 4. The zero-order valence-corrected chi connectivity index (χ0v) is 21.2. The predicted molar refractivity (Wildman–Crippen MR) is 127 cm³/mol. The normalized spacial score (nSPS) is 28.1. The number of rotatable bonds is 10. The van der Waals surface area contributed by atoms with E-state index in [2.05, 4.69) is 15.3 Å². The molecular formula is C22H33N4O9P. The van der Waals surface area contributed by atoms with Crippen LogP contribution in [-0.2, 0) is 23.5 Å². The molecule has 2 aromatic rings. The van der Waals surface area contributed by atoms with Gasteiger partial charge in [0.1, 0.15) is 37.1 Å². The van der Waals surface area contributed by atoms with Crippen LogP contribution in [0.5, 0.6) is 6.01 Å². The van der Waals surface area contributed by atoms with Gasteiger partial charge in [0.2, 0.25) is 0 Å². The number of nitrogens with zero attached hydrogens (tertiary/aromatic N) is 3. The van der Waals surface area contributed by atoms with Crippen LogP contribution < -0.4 is 10.1 Å². The lowest BCUT2D eigenvalue weighted by Gasteiger charge is -2.25. The van der Waals surface area contributed by atoms with E-state index in [1.54, 1.807) is 13.8 Å². The Bertz CT molecular complexity index is 1120. The summed E-state index contributed by atoms with van der Waals surface area (Å²) in [6.07, 6.45) is 3.30. The van der Waals surface area contributed by atoms with Gasteiger partial charge in [-0.3, -0.25) is 4.57 Å². The molecule has 0 unspecified atom stereocenters. The maximum Gasteiger partial charge on any atom is 0.350 e. The van der Waals surface area contributed by atoms with E-state index in [9.17, 15) is 9.67 Å². The highest BCUT2D eigenvalue weighted by Gasteiger charge is 2.56. The van der Waals surface area contributed by atoms with Crippen LogP contribution in [-0.4, -0.2) is 85.7 Å². The SMILES string of the molecule is CC1(C)O[C@@H]2[C@H](O1)[C@@H](COCP(=O)(O)O)O[C@H]2n1ccc2c(NC3CCCC3)nc(OCCO)nc21. The number of aliphatic hydroxyl groups excluding tert-OH is 1. The fourth-order valence-corrected chi connectivity index (χ4v) is 5.44. The molecule has 2 aliphatic heterocycles. The lowest BCUT2D eigenvalue weighted by atomic mass is 10.1. The van der Waals surface area contributed by atoms with E-state index in [-0.39, 0.29) is 25.8 Å². The van der Waals surface area contributed by atoms with Crippen molar-refractivity contribution in [2.45, 2.75) is 75.9 Å². The van der Waals surface area contributed by atoms with E-state index in [0.29, 0.717) is 17.5 Å². The third-order valence-electron chi connectivity index (χ3n) is 6.51. The van der Waals surface area contributed by atoms with E-state index < -0.39 is 44.3 Å². The van der Waals surface area contributed by atoms with E-state index in [4.69, 9.17) is 33.5 Å². The van der Waals surface area contributed by atoms with Gasteiger partial charge in [0.25, 0.3) is 0 Å². The number of hydrogen-bond acceptors (Lipinski definition) is 10. The summed E-state index contributed by atoms with van der Waals surface area (Å²) in [6, 6.07) is 2.35. The van der Waals surface area contributed by atoms with Gasteiger partial charge in [-0.1, -0.05) is 12.8 Å². The molecule has 0 aromatic carbocycles. The summed E-state index contributed by atoms with van der Waals surface area (Å²) in [6.45, 7) is 3.42. The van der Waals surface area contributed by atoms with Crippen molar-refractivity contribution >= 4 is 24.4 Å². The monoisotopic (exact) mass is 528 g/mol. The standard InChI is InChI=1S/C22H33N4O9P/c1-22(2)34-16-15(11-31-12-36(28,29)30)33-20(17(16)35-22)26-8-7-14-18(23-13-5-3-4-6-13)24-21(25-19(14)26)32-10-9-27/h7-8,13,15-17,20,27H,3-6,9-12H2,1-2H3,(H,23,24,25)(H2,28,29,30)/t15-,16-,17-,20-/m1/s1. The van der Waals surface area contributed by atoms with Crippen molar-refractivity contribution in [2.75, 3.05) is 31.5 Å². The summed E-state index contributed by atoms with van der Waals surface area (Å²) in [5, 5.41) is 13.5. The molecule has 4 heterocycles. The van der Waals surface area contributed by atoms with Crippen LogP contribution in [0.25, 0.3) is 11.0 Å². The summed E-state index contributed by atoms with van der Waals surface area (Å²) in [5.41, 5.74) is 0.562. The van der Waals surface area contributed by atoms with Crippen molar-refractivity contribution in [1.29, 1.82) is 0 Å². The lowest BCUT2D eigenvalue weighted by molar-refractivity contribution is -0.201. The number of nitrogens with one attached hydrogen (secondary N) is 1. The Morgan fingerprint density at radius 3 is 2.69 bits per heavy atom. The summed E-state index contributed by atoms with van der Waals surface area (Å²) in [5.74, 6) is -0.222. The van der Waals surface area contributed by atoms with Gasteiger partial charge in [0, 0.05) is 12.2 Å². The molecule has 36 heavy (non-hydrogen) atoms. The van der Waals surface area contributed by atoms with Gasteiger partial charge in [0.05, 0.1) is 18.6 Å². The minimum Gasteiger partial charge on any atom is -0.461 e. The van der Waals surface area contributed by atoms with Gasteiger partial charge in [-0.05, 0) is 32.8 Å². The van der Waals surface area contributed by atoms with Gasteiger partial charge in [0.15, 0.2) is 17.7 Å². The van der Waals surface area contributed by atoms with Crippen LogP contribution in [0.15, 0.2) is 12.3 Å². The molecule has 3 fully saturated rings. The van der Waals surface area contributed by atoms with Gasteiger partial charge in [-0.2, -0.15) is 9.97 Å².